The largest absolute Gasteiger partial charge is 0.490 e. The Balaban J connectivity index is 2.26. The van der Waals surface area contributed by atoms with Gasteiger partial charge < -0.3 is 10.5 Å². The number of rotatable bonds is 5. The molecule has 96 valence electrons. The summed E-state index contributed by atoms with van der Waals surface area (Å²) in [6.45, 7) is 2.77. The summed E-state index contributed by atoms with van der Waals surface area (Å²) in [5.74, 6) is 0.888. The molecule has 18 heavy (non-hydrogen) atoms. The molecule has 0 saturated heterocycles. The van der Waals surface area contributed by atoms with Crippen molar-refractivity contribution in [3.05, 3.63) is 41.4 Å². The van der Waals surface area contributed by atoms with Gasteiger partial charge in [-0.2, -0.15) is 0 Å². The van der Waals surface area contributed by atoms with Crippen molar-refractivity contribution in [2.24, 2.45) is 5.73 Å². The van der Waals surface area contributed by atoms with Crippen molar-refractivity contribution in [2.45, 2.75) is 25.9 Å². The minimum atomic E-state index is 0.165. The van der Waals surface area contributed by atoms with Crippen LogP contribution in [0.25, 0.3) is 10.8 Å². The van der Waals surface area contributed by atoms with Crippen LogP contribution in [-0.2, 0) is 0 Å². The Kier molecular flexibility index (Phi) is 4.45. The lowest BCUT2D eigenvalue weighted by molar-refractivity contribution is 0.211. The first-order chi connectivity index (χ1) is 8.72. The number of fused-ring (bicyclic) bond motifs is 1. The molecule has 2 aromatic rings. The van der Waals surface area contributed by atoms with Crippen molar-refractivity contribution in [3.8, 4) is 5.75 Å². The standard InChI is InChI=1S/C15H18ClNO/c1-11(5-4-10-17)18-15-9-8-14(16)12-6-2-3-7-13(12)15/h2-3,6-9,11H,4-5,10,17H2,1H3. The van der Waals surface area contributed by atoms with Crippen LogP contribution in [0.2, 0.25) is 5.02 Å². The molecule has 2 aromatic carbocycles. The lowest BCUT2D eigenvalue weighted by Gasteiger charge is -2.16. The summed E-state index contributed by atoms with van der Waals surface area (Å²) in [5, 5.41) is 2.85. The van der Waals surface area contributed by atoms with Gasteiger partial charge in [0.25, 0.3) is 0 Å². The highest BCUT2D eigenvalue weighted by Crippen LogP contribution is 2.32. The molecule has 1 atom stereocenters. The zero-order chi connectivity index (χ0) is 13.0. The number of benzene rings is 2. The fourth-order valence-corrected chi connectivity index (χ4v) is 2.25. The van der Waals surface area contributed by atoms with Crippen LogP contribution in [0, 0.1) is 0 Å². The van der Waals surface area contributed by atoms with Gasteiger partial charge in [0.2, 0.25) is 0 Å². The Morgan fingerprint density at radius 3 is 2.61 bits per heavy atom. The number of nitrogens with two attached hydrogens (primary N) is 1. The maximum absolute atomic E-state index is 6.18. The van der Waals surface area contributed by atoms with Crippen LogP contribution in [-0.4, -0.2) is 12.6 Å². The third-order valence-electron chi connectivity index (χ3n) is 2.97. The van der Waals surface area contributed by atoms with Gasteiger partial charge in [-0.15, -0.1) is 0 Å². The average Bonchev–Trinajstić information content (AvgIpc) is 2.40. The molecule has 0 aliphatic rings. The Bertz CT molecular complexity index is 527. The first kappa shape index (κ1) is 13.2. The molecule has 1 unspecified atom stereocenters. The monoisotopic (exact) mass is 263 g/mol. The zero-order valence-corrected chi connectivity index (χ0v) is 11.3. The molecule has 2 rings (SSSR count). The minimum Gasteiger partial charge on any atom is -0.490 e. The molecular weight excluding hydrogens is 246 g/mol. The minimum absolute atomic E-state index is 0.165. The Hall–Kier alpha value is -1.25. The predicted molar refractivity (Wildman–Crippen MR) is 77.3 cm³/mol. The van der Waals surface area contributed by atoms with Gasteiger partial charge in [0.15, 0.2) is 0 Å². The van der Waals surface area contributed by atoms with Gasteiger partial charge >= 0.3 is 0 Å². The molecule has 2 N–H and O–H groups in total. The lowest BCUT2D eigenvalue weighted by atomic mass is 10.1. The van der Waals surface area contributed by atoms with E-state index in [-0.39, 0.29) is 6.10 Å². The molecule has 0 fully saturated rings. The number of halogens is 1. The van der Waals surface area contributed by atoms with Crippen LogP contribution < -0.4 is 10.5 Å². The van der Waals surface area contributed by atoms with Crippen LogP contribution >= 0.6 is 11.6 Å². The topological polar surface area (TPSA) is 35.2 Å². The lowest BCUT2D eigenvalue weighted by Crippen LogP contribution is -2.14. The van der Waals surface area contributed by atoms with E-state index in [1.165, 1.54) is 0 Å². The second-order valence-electron chi connectivity index (χ2n) is 4.45. The van der Waals surface area contributed by atoms with Crippen molar-refractivity contribution < 1.29 is 4.74 Å². The van der Waals surface area contributed by atoms with E-state index in [0.717, 1.165) is 34.4 Å². The molecular formula is C15H18ClNO. The maximum atomic E-state index is 6.18. The van der Waals surface area contributed by atoms with E-state index < -0.39 is 0 Å². The second-order valence-corrected chi connectivity index (χ2v) is 4.86. The molecule has 0 saturated carbocycles. The van der Waals surface area contributed by atoms with Gasteiger partial charge in [-0.3, -0.25) is 0 Å². The summed E-state index contributed by atoms with van der Waals surface area (Å²) in [5.41, 5.74) is 5.51. The summed E-state index contributed by atoms with van der Waals surface area (Å²) in [4.78, 5) is 0. The number of ether oxygens (including phenoxy) is 1. The third-order valence-corrected chi connectivity index (χ3v) is 3.30. The van der Waals surface area contributed by atoms with Crippen LogP contribution in [0.3, 0.4) is 0 Å². The van der Waals surface area contributed by atoms with E-state index in [4.69, 9.17) is 22.1 Å². The van der Waals surface area contributed by atoms with Crippen molar-refractivity contribution >= 4 is 22.4 Å². The summed E-state index contributed by atoms with van der Waals surface area (Å²) < 4.78 is 5.97. The van der Waals surface area contributed by atoms with E-state index in [9.17, 15) is 0 Å². The number of hydrogen-bond acceptors (Lipinski definition) is 2. The molecule has 0 aliphatic carbocycles. The molecule has 3 heteroatoms. The van der Waals surface area contributed by atoms with E-state index in [1.54, 1.807) is 0 Å². The third kappa shape index (κ3) is 2.95. The molecule has 0 spiro atoms. The quantitative estimate of drug-likeness (QED) is 0.885. The molecule has 0 aliphatic heterocycles. The second kappa shape index (κ2) is 6.07. The van der Waals surface area contributed by atoms with E-state index in [1.807, 2.05) is 36.4 Å². The molecule has 0 bridgehead atoms. The average molecular weight is 264 g/mol. The Morgan fingerprint density at radius 1 is 1.17 bits per heavy atom. The smallest absolute Gasteiger partial charge is 0.127 e. The fraction of sp³-hybridized carbons (Fsp3) is 0.333. The SMILES string of the molecule is CC(CCCN)Oc1ccc(Cl)c2ccccc12. The highest BCUT2D eigenvalue weighted by molar-refractivity contribution is 6.35. The van der Waals surface area contributed by atoms with Crippen molar-refractivity contribution in [2.75, 3.05) is 6.54 Å². The first-order valence-corrected chi connectivity index (χ1v) is 6.64. The van der Waals surface area contributed by atoms with Gasteiger partial charge in [0.05, 0.1) is 6.10 Å². The van der Waals surface area contributed by atoms with Crippen LogP contribution in [0.5, 0.6) is 5.75 Å². The molecule has 0 amide bonds. The van der Waals surface area contributed by atoms with Crippen LogP contribution in [0.4, 0.5) is 0 Å². The van der Waals surface area contributed by atoms with Gasteiger partial charge in [0, 0.05) is 15.8 Å². The highest BCUT2D eigenvalue weighted by Gasteiger charge is 2.08. The van der Waals surface area contributed by atoms with Crippen molar-refractivity contribution in [1.29, 1.82) is 0 Å². The van der Waals surface area contributed by atoms with Gasteiger partial charge in [-0.25, -0.2) is 0 Å². The molecule has 0 aromatic heterocycles. The van der Waals surface area contributed by atoms with E-state index in [2.05, 4.69) is 6.92 Å². The zero-order valence-electron chi connectivity index (χ0n) is 10.5. The van der Waals surface area contributed by atoms with Crippen LogP contribution in [0.15, 0.2) is 36.4 Å². The molecule has 0 heterocycles. The van der Waals surface area contributed by atoms with Gasteiger partial charge in [-0.1, -0.05) is 35.9 Å². The summed E-state index contributed by atoms with van der Waals surface area (Å²) in [7, 11) is 0. The van der Waals surface area contributed by atoms with E-state index in [0.29, 0.717) is 6.54 Å². The van der Waals surface area contributed by atoms with Crippen molar-refractivity contribution in [3.63, 3.8) is 0 Å². The summed E-state index contributed by atoms with van der Waals surface area (Å²) >= 11 is 6.18. The Labute approximate surface area is 113 Å². The fourth-order valence-electron chi connectivity index (χ4n) is 2.02. The number of hydrogen-bond donors (Lipinski definition) is 1. The van der Waals surface area contributed by atoms with E-state index >= 15 is 0 Å². The van der Waals surface area contributed by atoms with Gasteiger partial charge in [-0.05, 0) is 38.4 Å². The molecule has 0 radical (unpaired) electrons. The van der Waals surface area contributed by atoms with Crippen molar-refractivity contribution in [1.82, 2.24) is 0 Å². The maximum Gasteiger partial charge on any atom is 0.127 e. The summed E-state index contributed by atoms with van der Waals surface area (Å²) in [6, 6.07) is 11.8. The van der Waals surface area contributed by atoms with Crippen LogP contribution in [0.1, 0.15) is 19.8 Å². The van der Waals surface area contributed by atoms with Gasteiger partial charge in [0.1, 0.15) is 5.75 Å². The summed E-state index contributed by atoms with van der Waals surface area (Å²) in [6.07, 6.45) is 2.11. The normalized spacial score (nSPS) is 12.6. The first-order valence-electron chi connectivity index (χ1n) is 6.26. The predicted octanol–water partition coefficient (Wildman–Crippen LogP) is 4.00. The Morgan fingerprint density at radius 2 is 1.89 bits per heavy atom. The molecule has 2 nitrogen and oxygen atoms in total. The highest BCUT2D eigenvalue weighted by atomic mass is 35.5.